The van der Waals surface area contributed by atoms with E-state index >= 15 is 0 Å². The average Bonchev–Trinajstić information content (AvgIpc) is 2.75. The van der Waals surface area contributed by atoms with Gasteiger partial charge in [-0.15, -0.1) is 0 Å². The first-order valence-electron chi connectivity index (χ1n) is 4.27. The lowest BCUT2D eigenvalue weighted by molar-refractivity contribution is -0.144. The van der Waals surface area contributed by atoms with E-state index in [2.05, 4.69) is 5.32 Å². The van der Waals surface area contributed by atoms with Crippen LogP contribution in [0.3, 0.4) is 0 Å². The summed E-state index contributed by atoms with van der Waals surface area (Å²) in [5, 5.41) is 12.1. The van der Waals surface area contributed by atoms with Crippen LogP contribution >= 0.6 is 0 Å². The third kappa shape index (κ3) is 1.14. The number of hydrogen-bond donors (Lipinski definition) is 2. The molecule has 0 spiro atoms. The van der Waals surface area contributed by atoms with Crippen LogP contribution in [0.25, 0.3) is 0 Å². The molecule has 4 nitrogen and oxygen atoms in total. The van der Waals surface area contributed by atoms with Gasteiger partial charge in [-0.05, 0) is 25.5 Å². The maximum atomic E-state index is 11.1. The summed E-state index contributed by atoms with van der Waals surface area (Å²) in [6, 6.07) is 1.70. The van der Waals surface area contributed by atoms with Crippen LogP contribution in [0.15, 0.2) is 23.0 Å². The Bertz CT molecular complexity index is 299. The van der Waals surface area contributed by atoms with Gasteiger partial charge in [-0.1, -0.05) is 0 Å². The van der Waals surface area contributed by atoms with Crippen LogP contribution in [0, 0.1) is 0 Å². The van der Waals surface area contributed by atoms with Crippen molar-refractivity contribution >= 4 is 5.97 Å². The van der Waals surface area contributed by atoms with Crippen LogP contribution in [-0.2, 0) is 10.3 Å². The second kappa shape index (κ2) is 2.88. The summed E-state index contributed by atoms with van der Waals surface area (Å²) >= 11 is 0. The molecule has 0 unspecified atom stereocenters. The maximum Gasteiger partial charge on any atom is 0.328 e. The molecule has 0 bridgehead atoms. The minimum Gasteiger partial charge on any atom is -0.480 e. The topological polar surface area (TPSA) is 62.5 Å². The van der Waals surface area contributed by atoms with Gasteiger partial charge < -0.3 is 9.52 Å². The van der Waals surface area contributed by atoms with E-state index in [-0.39, 0.29) is 0 Å². The van der Waals surface area contributed by atoms with E-state index in [9.17, 15) is 4.79 Å². The van der Waals surface area contributed by atoms with Gasteiger partial charge in [0.15, 0.2) is 0 Å². The van der Waals surface area contributed by atoms with Crippen molar-refractivity contribution in [3.8, 4) is 0 Å². The molecule has 1 aliphatic rings. The van der Waals surface area contributed by atoms with E-state index in [4.69, 9.17) is 9.52 Å². The van der Waals surface area contributed by atoms with Crippen molar-refractivity contribution in [2.24, 2.45) is 0 Å². The van der Waals surface area contributed by atoms with Gasteiger partial charge >= 0.3 is 5.97 Å². The van der Waals surface area contributed by atoms with Gasteiger partial charge in [0.25, 0.3) is 0 Å². The zero-order chi connectivity index (χ0) is 9.31. The standard InChI is InChI=1S/C9H11NO3/c11-8(12)9(3-1-4-10-9)7-2-5-13-6-7/h2,5-6,10H,1,3-4H2,(H,11,12)/t9-/m1/s1. The first-order valence-corrected chi connectivity index (χ1v) is 4.27. The number of carboxylic acids is 1. The summed E-state index contributed by atoms with van der Waals surface area (Å²) in [6.07, 6.45) is 4.51. The molecule has 1 fully saturated rings. The Labute approximate surface area is 75.6 Å². The van der Waals surface area contributed by atoms with Crippen molar-refractivity contribution in [2.75, 3.05) is 6.54 Å². The van der Waals surface area contributed by atoms with Gasteiger partial charge in [-0.25, -0.2) is 4.79 Å². The summed E-state index contributed by atoms with van der Waals surface area (Å²) < 4.78 is 4.90. The molecular formula is C9H11NO3. The number of nitrogens with one attached hydrogen (secondary N) is 1. The third-order valence-corrected chi connectivity index (χ3v) is 2.53. The molecule has 2 heterocycles. The summed E-state index contributed by atoms with van der Waals surface area (Å²) in [5.74, 6) is -0.827. The lowest BCUT2D eigenvalue weighted by atomic mass is 9.91. The quantitative estimate of drug-likeness (QED) is 0.712. The van der Waals surface area contributed by atoms with Gasteiger partial charge in [0.05, 0.1) is 12.5 Å². The lowest BCUT2D eigenvalue weighted by Crippen LogP contribution is -2.44. The monoisotopic (exact) mass is 181 g/mol. The molecule has 1 atom stereocenters. The van der Waals surface area contributed by atoms with Crippen LogP contribution in [0.1, 0.15) is 18.4 Å². The lowest BCUT2D eigenvalue weighted by Gasteiger charge is -2.22. The minimum atomic E-state index is -0.910. The van der Waals surface area contributed by atoms with E-state index in [0.717, 1.165) is 13.0 Å². The number of carbonyl (C=O) groups is 1. The van der Waals surface area contributed by atoms with Crippen LogP contribution in [0.2, 0.25) is 0 Å². The first kappa shape index (κ1) is 8.31. The van der Waals surface area contributed by atoms with Crippen molar-refractivity contribution in [3.05, 3.63) is 24.2 Å². The Hall–Kier alpha value is -1.29. The normalized spacial score (nSPS) is 27.7. The smallest absolute Gasteiger partial charge is 0.328 e. The average molecular weight is 181 g/mol. The van der Waals surface area contributed by atoms with Crippen LogP contribution in [0.4, 0.5) is 0 Å². The summed E-state index contributed by atoms with van der Waals surface area (Å²) in [5.41, 5.74) is -0.204. The number of rotatable bonds is 2. The SMILES string of the molecule is O=C(O)[C@]1(c2ccoc2)CCCN1. The molecule has 1 aromatic rings. The van der Waals surface area contributed by atoms with Gasteiger partial charge in [0, 0.05) is 5.56 Å². The van der Waals surface area contributed by atoms with Gasteiger partial charge in [-0.3, -0.25) is 5.32 Å². The van der Waals surface area contributed by atoms with Crippen LogP contribution in [0.5, 0.6) is 0 Å². The molecule has 4 heteroatoms. The minimum absolute atomic E-state index is 0.627. The van der Waals surface area contributed by atoms with E-state index < -0.39 is 11.5 Å². The van der Waals surface area contributed by atoms with Crippen molar-refractivity contribution in [3.63, 3.8) is 0 Å². The molecule has 1 saturated heterocycles. The fourth-order valence-electron chi connectivity index (χ4n) is 1.80. The molecule has 0 aromatic carbocycles. The molecule has 2 N–H and O–H groups in total. The Morgan fingerprint density at radius 1 is 1.69 bits per heavy atom. The highest BCUT2D eigenvalue weighted by Crippen LogP contribution is 2.31. The first-order chi connectivity index (χ1) is 6.26. The molecule has 0 radical (unpaired) electrons. The fourth-order valence-corrected chi connectivity index (χ4v) is 1.80. The summed E-state index contributed by atoms with van der Waals surface area (Å²) in [6.45, 7) is 0.747. The maximum absolute atomic E-state index is 11.1. The second-order valence-electron chi connectivity index (χ2n) is 3.25. The molecule has 2 rings (SSSR count). The van der Waals surface area contributed by atoms with E-state index in [1.54, 1.807) is 6.07 Å². The van der Waals surface area contributed by atoms with Gasteiger partial charge in [0.2, 0.25) is 0 Å². The molecule has 13 heavy (non-hydrogen) atoms. The van der Waals surface area contributed by atoms with E-state index in [1.165, 1.54) is 12.5 Å². The molecule has 1 aliphatic heterocycles. The molecule has 70 valence electrons. The van der Waals surface area contributed by atoms with Crippen molar-refractivity contribution in [1.29, 1.82) is 0 Å². The van der Waals surface area contributed by atoms with E-state index in [1.807, 2.05) is 0 Å². The summed E-state index contributed by atoms with van der Waals surface area (Å²) in [7, 11) is 0. The highest BCUT2D eigenvalue weighted by molar-refractivity contribution is 5.81. The number of carboxylic acid groups (broad SMARTS) is 1. The second-order valence-corrected chi connectivity index (χ2v) is 3.25. The molecule has 0 aliphatic carbocycles. The fraction of sp³-hybridized carbons (Fsp3) is 0.444. The Balaban J connectivity index is 2.39. The Morgan fingerprint density at radius 2 is 2.54 bits per heavy atom. The molecule has 0 amide bonds. The Kier molecular flexibility index (Phi) is 1.84. The third-order valence-electron chi connectivity index (χ3n) is 2.53. The number of aliphatic carboxylic acids is 1. The van der Waals surface area contributed by atoms with Crippen molar-refractivity contribution < 1.29 is 14.3 Å². The van der Waals surface area contributed by atoms with Gasteiger partial charge in [0.1, 0.15) is 5.54 Å². The zero-order valence-corrected chi connectivity index (χ0v) is 7.12. The van der Waals surface area contributed by atoms with Crippen LogP contribution < -0.4 is 5.32 Å². The van der Waals surface area contributed by atoms with Crippen LogP contribution in [-0.4, -0.2) is 17.6 Å². The van der Waals surface area contributed by atoms with Crippen molar-refractivity contribution in [2.45, 2.75) is 18.4 Å². The van der Waals surface area contributed by atoms with E-state index in [0.29, 0.717) is 12.0 Å². The van der Waals surface area contributed by atoms with Gasteiger partial charge in [-0.2, -0.15) is 0 Å². The highest BCUT2D eigenvalue weighted by Gasteiger charge is 2.43. The Morgan fingerprint density at radius 3 is 3.00 bits per heavy atom. The molecule has 1 aromatic heterocycles. The highest BCUT2D eigenvalue weighted by atomic mass is 16.4. The largest absolute Gasteiger partial charge is 0.480 e. The van der Waals surface area contributed by atoms with Crippen molar-refractivity contribution in [1.82, 2.24) is 5.32 Å². The molecule has 0 saturated carbocycles. The predicted molar refractivity (Wildman–Crippen MR) is 45.3 cm³/mol. The zero-order valence-electron chi connectivity index (χ0n) is 7.12. The predicted octanol–water partition coefficient (Wildman–Crippen LogP) is 0.943. The summed E-state index contributed by atoms with van der Waals surface area (Å²) in [4.78, 5) is 11.1. The number of furan rings is 1. The number of hydrogen-bond acceptors (Lipinski definition) is 3. The molecular weight excluding hydrogens is 170 g/mol.